The topological polar surface area (TPSA) is 12.0 Å². The van der Waals surface area contributed by atoms with E-state index in [-0.39, 0.29) is 5.38 Å². The second-order valence-electron chi connectivity index (χ2n) is 1.67. The third-order valence-corrected chi connectivity index (χ3v) is 1.04. The van der Waals surface area contributed by atoms with Gasteiger partial charge in [0.25, 0.3) is 0 Å². The molecule has 0 unspecified atom stereocenters. The zero-order valence-corrected chi connectivity index (χ0v) is 6.47. The minimum Gasteiger partial charge on any atom is -0.314 e. The number of nitrogens with one attached hydrogen (secondary N) is 1. The third kappa shape index (κ3) is 6.54. The van der Waals surface area contributed by atoms with Crippen molar-refractivity contribution in [2.75, 3.05) is 19.0 Å². The molecule has 0 aromatic carbocycles. The summed E-state index contributed by atoms with van der Waals surface area (Å²) in [6.45, 7) is 3.63. The van der Waals surface area contributed by atoms with Gasteiger partial charge in [0, 0.05) is 24.3 Å². The van der Waals surface area contributed by atoms with Crippen LogP contribution < -0.4 is 5.32 Å². The standard InChI is InChI=1S/C5H11Cl2N/c1-5(7)4-8-3-2-6/h5,8H,2-4H2,1H3/t5-/m1/s1. The van der Waals surface area contributed by atoms with E-state index in [2.05, 4.69) is 5.32 Å². The lowest BCUT2D eigenvalue weighted by Gasteiger charge is -2.01. The van der Waals surface area contributed by atoms with Gasteiger partial charge < -0.3 is 5.32 Å². The Labute approximate surface area is 60.4 Å². The molecule has 0 radical (unpaired) electrons. The van der Waals surface area contributed by atoms with Gasteiger partial charge in [-0.1, -0.05) is 0 Å². The minimum atomic E-state index is 0.207. The van der Waals surface area contributed by atoms with Gasteiger partial charge in [0.1, 0.15) is 0 Å². The van der Waals surface area contributed by atoms with Crippen LogP contribution in [0.25, 0.3) is 0 Å². The molecule has 1 nitrogen and oxygen atoms in total. The molecule has 0 bridgehead atoms. The monoisotopic (exact) mass is 155 g/mol. The fourth-order valence-electron chi connectivity index (χ4n) is 0.368. The van der Waals surface area contributed by atoms with E-state index in [9.17, 15) is 0 Å². The fraction of sp³-hybridized carbons (Fsp3) is 1.00. The van der Waals surface area contributed by atoms with E-state index in [4.69, 9.17) is 23.2 Å². The maximum atomic E-state index is 5.61. The van der Waals surface area contributed by atoms with Gasteiger partial charge >= 0.3 is 0 Å². The van der Waals surface area contributed by atoms with E-state index in [0.29, 0.717) is 5.88 Å². The molecule has 0 saturated carbocycles. The zero-order valence-electron chi connectivity index (χ0n) is 4.95. The maximum absolute atomic E-state index is 5.61. The van der Waals surface area contributed by atoms with Crippen LogP contribution in [0.1, 0.15) is 6.92 Å². The van der Waals surface area contributed by atoms with Crippen LogP contribution in [0.15, 0.2) is 0 Å². The Morgan fingerprint density at radius 3 is 2.62 bits per heavy atom. The van der Waals surface area contributed by atoms with Crippen LogP contribution in [0.2, 0.25) is 0 Å². The van der Waals surface area contributed by atoms with Crippen molar-refractivity contribution in [3.05, 3.63) is 0 Å². The summed E-state index contributed by atoms with van der Waals surface area (Å²) in [5.41, 5.74) is 0. The Bertz CT molecular complexity index is 47.7. The van der Waals surface area contributed by atoms with E-state index in [1.54, 1.807) is 0 Å². The summed E-state index contributed by atoms with van der Waals surface area (Å²) in [7, 11) is 0. The van der Waals surface area contributed by atoms with Crippen LogP contribution >= 0.6 is 23.2 Å². The molecule has 0 aliphatic rings. The first-order valence-electron chi connectivity index (χ1n) is 2.68. The molecule has 0 aromatic heterocycles. The molecule has 50 valence electrons. The Balaban J connectivity index is 2.72. The highest BCUT2D eigenvalue weighted by Gasteiger charge is 1.91. The summed E-state index contributed by atoms with van der Waals surface area (Å²) in [5, 5.41) is 3.28. The molecule has 0 aliphatic heterocycles. The lowest BCUT2D eigenvalue weighted by atomic mass is 10.5. The van der Waals surface area contributed by atoms with Gasteiger partial charge in [-0.25, -0.2) is 0 Å². The smallest absolute Gasteiger partial charge is 0.0432 e. The summed E-state index contributed by atoms with van der Waals surface area (Å²) < 4.78 is 0. The quantitative estimate of drug-likeness (QED) is 0.479. The predicted molar refractivity (Wildman–Crippen MR) is 38.9 cm³/mol. The highest BCUT2D eigenvalue weighted by atomic mass is 35.5. The van der Waals surface area contributed by atoms with Crippen LogP contribution in [-0.2, 0) is 0 Å². The number of rotatable bonds is 4. The highest BCUT2D eigenvalue weighted by Crippen LogP contribution is 1.88. The van der Waals surface area contributed by atoms with Crippen LogP contribution in [0.3, 0.4) is 0 Å². The van der Waals surface area contributed by atoms with Crippen molar-refractivity contribution in [2.45, 2.75) is 12.3 Å². The first-order chi connectivity index (χ1) is 3.77. The van der Waals surface area contributed by atoms with Crippen LogP contribution in [0.5, 0.6) is 0 Å². The second kappa shape index (κ2) is 5.67. The Morgan fingerprint density at radius 1 is 1.62 bits per heavy atom. The second-order valence-corrected chi connectivity index (χ2v) is 2.80. The molecule has 0 fully saturated rings. The molecule has 0 amide bonds. The fourth-order valence-corrected chi connectivity index (χ4v) is 0.611. The van der Waals surface area contributed by atoms with E-state index in [1.807, 2.05) is 6.92 Å². The molecule has 1 N–H and O–H groups in total. The largest absolute Gasteiger partial charge is 0.314 e. The molecule has 0 spiro atoms. The number of halogens is 2. The van der Waals surface area contributed by atoms with Gasteiger partial charge in [-0.2, -0.15) is 0 Å². The molecule has 0 heterocycles. The molecule has 0 aliphatic carbocycles. The van der Waals surface area contributed by atoms with Crippen LogP contribution in [-0.4, -0.2) is 24.3 Å². The first kappa shape index (κ1) is 8.54. The summed E-state index contributed by atoms with van der Waals surface area (Å²) in [6.07, 6.45) is 0. The van der Waals surface area contributed by atoms with Crippen molar-refractivity contribution >= 4 is 23.2 Å². The van der Waals surface area contributed by atoms with Gasteiger partial charge in [0.05, 0.1) is 0 Å². The average molecular weight is 156 g/mol. The van der Waals surface area contributed by atoms with E-state index < -0.39 is 0 Å². The van der Waals surface area contributed by atoms with Crippen molar-refractivity contribution < 1.29 is 0 Å². The van der Waals surface area contributed by atoms with Crippen molar-refractivity contribution in [1.29, 1.82) is 0 Å². The SMILES string of the molecule is C[C@@H](Cl)CNCCCl. The Morgan fingerprint density at radius 2 is 2.25 bits per heavy atom. The number of hydrogen-bond donors (Lipinski definition) is 1. The zero-order chi connectivity index (χ0) is 6.41. The lowest BCUT2D eigenvalue weighted by molar-refractivity contribution is 0.711. The Kier molecular flexibility index (Phi) is 6.06. The van der Waals surface area contributed by atoms with E-state index in [0.717, 1.165) is 13.1 Å². The molecule has 3 heteroatoms. The van der Waals surface area contributed by atoms with Crippen molar-refractivity contribution in [2.24, 2.45) is 0 Å². The van der Waals surface area contributed by atoms with Gasteiger partial charge in [-0.05, 0) is 6.92 Å². The predicted octanol–water partition coefficient (Wildman–Crippen LogP) is 1.44. The molecule has 8 heavy (non-hydrogen) atoms. The summed E-state index contributed by atoms with van der Waals surface area (Å²) in [5.74, 6) is 0.656. The summed E-state index contributed by atoms with van der Waals surface area (Å²) in [4.78, 5) is 0. The minimum absolute atomic E-state index is 0.207. The van der Waals surface area contributed by atoms with Crippen molar-refractivity contribution in [1.82, 2.24) is 5.32 Å². The summed E-state index contributed by atoms with van der Waals surface area (Å²) in [6, 6.07) is 0. The molecular formula is C5H11Cl2N. The highest BCUT2D eigenvalue weighted by molar-refractivity contribution is 6.20. The molecular weight excluding hydrogens is 145 g/mol. The lowest BCUT2D eigenvalue weighted by Crippen LogP contribution is -2.23. The molecule has 1 atom stereocenters. The average Bonchev–Trinajstić information content (AvgIpc) is 1.66. The van der Waals surface area contributed by atoms with E-state index >= 15 is 0 Å². The van der Waals surface area contributed by atoms with Gasteiger partial charge in [0.2, 0.25) is 0 Å². The molecule has 0 rings (SSSR count). The van der Waals surface area contributed by atoms with Crippen LogP contribution in [0, 0.1) is 0 Å². The van der Waals surface area contributed by atoms with Crippen molar-refractivity contribution in [3.8, 4) is 0 Å². The van der Waals surface area contributed by atoms with Gasteiger partial charge in [-0.3, -0.25) is 0 Å². The molecule has 0 saturated heterocycles. The normalized spacial score (nSPS) is 13.9. The van der Waals surface area contributed by atoms with Gasteiger partial charge in [0.15, 0.2) is 0 Å². The summed E-state index contributed by atoms with van der Waals surface area (Å²) >= 11 is 11.0. The first-order valence-corrected chi connectivity index (χ1v) is 3.65. The maximum Gasteiger partial charge on any atom is 0.0432 e. The number of alkyl halides is 2. The van der Waals surface area contributed by atoms with Gasteiger partial charge in [-0.15, -0.1) is 23.2 Å². The van der Waals surface area contributed by atoms with E-state index in [1.165, 1.54) is 0 Å². The molecule has 0 aromatic rings. The van der Waals surface area contributed by atoms with Crippen molar-refractivity contribution in [3.63, 3.8) is 0 Å². The number of hydrogen-bond acceptors (Lipinski definition) is 1. The third-order valence-electron chi connectivity index (χ3n) is 0.697. The Hall–Kier alpha value is 0.540. The van der Waals surface area contributed by atoms with Crippen LogP contribution in [0.4, 0.5) is 0 Å².